The van der Waals surface area contributed by atoms with Crippen LogP contribution in [0.3, 0.4) is 0 Å². The third-order valence-electron chi connectivity index (χ3n) is 2.68. The number of anilines is 1. The number of nitrogens with one attached hydrogen (secondary N) is 2. The van der Waals surface area contributed by atoms with Crippen LogP contribution in [0, 0.1) is 6.92 Å². The SMILES string of the molecule is CNC1CCNc2cc(C)ccc21. The highest BCUT2D eigenvalue weighted by Crippen LogP contribution is 2.29. The predicted octanol–water partition coefficient (Wildman–Crippen LogP) is 2.07. The van der Waals surface area contributed by atoms with Gasteiger partial charge >= 0.3 is 0 Å². The van der Waals surface area contributed by atoms with Gasteiger partial charge in [0.05, 0.1) is 0 Å². The highest BCUT2D eigenvalue weighted by Gasteiger charge is 2.17. The van der Waals surface area contributed by atoms with Gasteiger partial charge in [0.2, 0.25) is 0 Å². The maximum Gasteiger partial charge on any atom is 0.0391 e. The van der Waals surface area contributed by atoms with Crippen LogP contribution >= 0.6 is 0 Å². The van der Waals surface area contributed by atoms with Crippen molar-refractivity contribution in [3.05, 3.63) is 29.3 Å². The van der Waals surface area contributed by atoms with E-state index in [0.717, 1.165) is 6.54 Å². The summed E-state index contributed by atoms with van der Waals surface area (Å²) >= 11 is 0. The van der Waals surface area contributed by atoms with Gasteiger partial charge < -0.3 is 10.6 Å². The molecule has 1 heterocycles. The van der Waals surface area contributed by atoms with Crippen molar-refractivity contribution in [3.8, 4) is 0 Å². The molecule has 0 saturated carbocycles. The second-order valence-electron chi connectivity index (χ2n) is 3.65. The van der Waals surface area contributed by atoms with E-state index in [1.165, 1.54) is 23.2 Å². The molecule has 1 atom stereocenters. The molecule has 13 heavy (non-hydrogen) atoms. The predicted molar refractivity (Wildman–Crippen MR) is 56.1 cm³/mol. The van der Waals surface area contributed by atoms with Crippen molar-refractivity contribution in [2.24, 2.45) is 0 Å². The van der Waals surface area contributed by atoms with Crippen molar-refractivity contribution in [1.82, 2.24) is 5.32 Å². The molecule has 2 nitrogen and oxygen atoms in total. The number of fused-ring (bicyclic) bond motifs is 1. The number of benzene rings is 1. The lowest BCUT2D eigenvalue weighted by atomic mass is 9.97. The zero-order valence-electron chi connectivity index (χ0n) is 8.22. The lowest BCUT2D eigenvalue weighted by Gasteiger charge is -2.26. The van der Waals surface area contributed by atoms with E-state index in [1.807, 2.05) is 7.05 Å². The number of hydrogen-bond donors (Lipinski definition) is 2. The fourth-order valence-electron chi connectivity index (χ4n) is 1.93. The van der Waals surface area contributed by atoms with E-state index in [-0.39, 0.29) is 0 Å². The monoisotopic (exact) mass is 176 g/mol. The summed E-state index contributed by atoms with van der Waals surface area (Å²) in [6.45, 7) is 3.20. The molecule has 70 valence electrons. The fraction of sp³-hybridized carbons (Fsp3) is 0.455. The molecule has 1 aromatic carbocycles. The Bertz CT molecular complexity index is 307. The average molecular weight is 176 g/mol. The molecule has 0 fully saturated rings. The first kappa shape index (κ1) is 8.57. The van der Waals surface area contributed by atoms with Gasteiger partial charge in [-0.15, -0.1) is 0 Å². The van der Waals surface area contributed by atoms with Crippen LogP contribution in [0.5, 0.6) is 0 Å². The van der Waals surface area contributed by atoms with Crippen molar-refractivity contribution < 1.29 is 0 Å². The van der Waals surface area contributed by atoms with Gasteiger partial charge in [-0.1, -0.05) is 12.1 Å². The standard InChI is InChI=1S/C11H16N2/c1-8-3-4-9-10(12-2)5-6-13-11(9)7-8/h3-4,7,10,12-13H,5-6H2,1-2H3. The van der Waals surface area contributed by atoms with Crippen LogP contribution in [-0.4, -0.2) is 13.6 Å². The van der Waals surface area contributed by atoms with Crippen LogP contribution in [-0.2, 0) is 0 Å². The first-order chi connectivity index (χ1) is 6.31. The second-order valence-corrected chi connectivity index (χ2v) is 3.65. The van der Waals surface area contributed by atoms with Crippen molar-refractivity contribution in [2.75, 3.05) is 18.9 Å². The summed E-state index contributed by atoms with van der Waals surface area (Å²) in [5.41, 5.74) is 4.02. The summed E-state index contributed by atoms with van der Waals surface area (Å²) < 4.78 is 0. The van der Waals surface area contributed by atoms with Crippen molar-refractivity contribution in [3.63, 3.8) is 0 Å². The molecular weight excluding hydrogens is 160 g/mol. The van der Waals surface area contributed by atoms with Gasteiger partial charge in [-0.05, 0) is 37.6 Å². The molecule has 1 aromatic rings. The summed E-state index contributed by atoms with van der Waals surface area (Å²) in [7, 11) is 2.03. The molecule has 1 unspecified atom stereocenters. The van der Waals surface area contributed by atoms with Crippen LogP contribution in [0.2, 0.25) is 0 Å². The van der Waals surface area contributed by atoms with E-state index in [9.17, 15) is 0 Å². The van der Waals surface area contributed by atoms with Crippen molar-refractivity contribution in [1.29, 1.82) is 0 Å². The second kappa shape index (κ2) is 3.38. The molecule has 1 aliphatic rings. The van der Waals surface area contributed by atoms with E-state index < -0.39 is 0 Å². The van der Waals surface area contributed by atoms with Crippen LogP contribution in [0.15, 0.2) is 18.2 Å². The summed E-state index contributed by atoms with van der Waals surface area (Å²) in [5.74, 6) is 0. The normalized spacial score (nSPS) is 20.6. The number of hydrogen-bond acceptors (Lipinski definition) is 2. The Morgan fingerprint density at radius 2 is 2.31 bits per heavy atom. The van der Waals surface area contributed by atoms with Gasteiger partial charge in [0.15, 0.2) is 0 Å². The molecule has 0 aromatic heterocycles. The van der Waals surface area contributed by atoms with Crippen LogP contribution in [0.4, 0.5) is 5.69 Å². The number of aryl methyl sites for hydroxylation is 1. The molecule has 0 aliphatic carbocycles. The first-order valence-electron chi connectivity index (χ1n) is 4.83. The first-order valence-corrected chi connectivity index (χ1v) is 4.83. The van der Waals surface area contributed by atoms with Crippen LogP contribution in [0.25, 0.3) is 0 Å². The largest absolute Gasteiger partial charge is 0.385 e. The van der Waals surface area contributed by atoms with Crippen molar-refractivity contribution >= 4 is 5.69 Å². The topological polar surface area (TPSA) is 24.1 Å². The minimum Gasteiger partial charge on any atom is -0.385 e. The van der Waals surface area contributed by atoms with Gasteiger partial charge in [0, 0.05) is 18.3 Å². The van der Waals surface area contributed by atoms with Crippen molar-refractivity contribution in [2.45, 2.75) is 19.4 Å². The maximum absolute atomic E-state index is 3.43. The van der Waals surface area contributed by atoms with Gasteiger partial charge in [0.25, 0.3) is 0 Å². The van der Waals surface area contributed by atoms with Crippen LogP contribution < -0.4 is 10.6 Å². The minimum atomic E-state index is 0.525. The highest BCUT2D eigenvalue weighted by atomic mass is 15.0. The Labute approximate surface area is 79.4 Å². The Kier molecular flexibility index (Phi) is 2.23. The minimum absolute atomic E-state index is 0.525. The third kappa shape index (κ3) is 1.54. The molecule has 2 N–H and O–H groups in total. The smallest absolute Gasteiger partial charge is 0.0391 e. The molecule has 2 rings (SSSR count). The van der Waals surface area contributed by atoms with Gasteiger partial charge in [-0.25, -0.2) is 0 Å². The van der Waals surface area contributed by atoms with E-state index in [0.29, 0.717) is 6.04 Å². The molecule has 2 heteroatoms. The zero-order valence-corrected chi connectivity index (χ0v) is 8.22. The van der Waals surface area contributed by atoms with E-state index in [2.05, 4.69) is 35.8 Å². The van der Waals surface area contributed by atoms with Gasteiger partial charge in [0.1, 0.15) is 0 Å². The zero-order chi connectivity index (χ0) is 9.26. The highest BCUT2D eigenvalue weighted by molar-refractivity contribution is 5.56. The molecule has 1 aliphatic heterocycles. The van der Waals surface area contributed by atoms with Gasteiger partial charge in [-0.2, -0.15) is 0 Å². The maximum atomic E-state index is 3.43. The molecule has 0 spiro atoms. The third-order valence-corrected chi connectivity index (χ3v) is 2.68. The summed E-state index contributed by atoms with van der Waals surface area (Å²) in [6.07, 6.45) is 1.17. The Morgan fingerprint density at radius 1 is 1.46 bits per heavy atom. The average Bonchev–Trinajstić information content (AvgIpc) is 2.16. The lowest BCUT2D eigenvalue weighted by molar-refractivity contribution is 0.551. The van der Waals surface area contributed by atoms with E-state index in [4.69, 9.17) is 0 Å². The Balaban J connectivity index is 2.40. The molecule has 0 bridgehead atoms. The molecule has 0 radical (unpaired) electrons. The molecule has 0 amide bonds. The Hall–Kier alpha value is -1.02. The fourth-order valence-corrected chi connectivity index (χ4v) is 1.93. The Morgan fingerprint density at radius 3 is 3.08 bits per heavy atom. The summed E-state index contributed by atoms with van der Waals surface area (Å²) in [4.78, 5) is 0. The quantitative estimate of drug-likeness (QED) is 0.684. The van der Waals surface area contributed by atoms with E-state index >= 15 is 0 Å². The molecule has 0 saturated heterocycles. The summed E-state index contributed by atoms with van der Waals surface area (Å²) in [6, 6.07) is 7.14. The van der Waals surface area contributed by atoms with Crippen LogP contribution in [0.1, 0.15) is 23.6 Å². The molecular formula is C11H16N2. The van der Waals surface area contributed by atoms with E-state index in [1.54, 1.807) is 0 Å². The van der Waals surface area contributed by atoms with Gasteiger partial charge in [-0.3, -0.25) is 0 Å². The summed E-state index contributed by atoms with van der Waals surface area (Å²) in [5, 5.41) is 6.77. The number of rotatable bonds is 1. The lowest BCUT2D eigenvalue weighted by Crippen LogP contribution is -2.25.